The van der Waals surface area contributed by atoms with Crippen molar-refractivity contribution in [3.05, 3.63) is 27.4 Å². The van der Waals surface area contributed by atoms with Gasteiger partial charge in [0.25, 0.3) is 5.56 Å². The van der Waals surface area contributed by atoms with E-state index in [-0.39, 0.29) is 5.56 Å². The Balaban J connectivity index is 1.88. The molecule has 2 aliphatic rings. The molecule has 4 nitrogen and oxygen atoms in total. The normalized spacial score (nSPS) is 27.0. The Bertz CT molecular complexity index is 509. The van der Waals surface area contributed by atoms with E-state index in [4.69, 9.17) is 4.98 Å². The van der Waals surface area contributed by atoms with Gasteiger partial charge in [0, 0.05) is 18.0 Å². The molecule has 2 unspecified atom stereocenters. The van der Waals surface area contributed by atoms with Crippen molar-refractivity contribution in [3.63, 3.8) is 0 Å². The van der Waals surface area contributed by atoms with Crippen molar-refractivity contribution in [2.45, 2.75) is 57.9 Å². The standard InChI is InChI=1S/C15H23N3O/c1-2-10-4-3-5-11(8-10)14-17-13-9-16-7-6-12(13)15(19)18-14/h10-11,16H,2-9H2,1H3,(H,17,18,19). The zero-order valence-electron chi connectivity index (χ0n) is 11.7. The number of rotatable bonds is 2. The number of fused-ring (bicyclic) bond motifs is 1. The summed E-state index contributed by atoms with van der Waals surface area (Å²) in [5.41, 5.74) is 1.97. The highest BCUT2D eigenvalue weighted by Crippen LogP contribution is 2.35. The van der Waals surface area contributed by atoms with Gasteiger partial charge >= 0.3 is 0 Å². The number of hydrogen-bond acceptors (Lipinski definition) is 3. The fraction of sp³-hybridized carbons (Fsp3) is 0.733. The van der Waals surface area contributed by atoms with Crippen LogP contribution in [0.15, 0.2) is 4.79 Å². The molecule has 1 fully saturated rings. The highest BCUT2D eigenvalue weighted by Gasteiger charge is 2.25. The zero-order valence-corrected chi connectivity index (χ0v) is 11.7. The summed E-state index contributed by atoms with van der Waals surface area (Å²) in [6.07, 6.45) is 7.01. The number of nitrogens with one attached hydrogen (secondary N) is 2. The lowest BCUT2D eigenvalue weighted by Crippen LogP contribution is -2.32. The summed E-state index contributed by atoms with van der Waals surface area (Å²) < 4.78 is 0. The van der Waals surface area contributed by atoms with Crippen LogP contribution in [-0.2, 0) is 13.0 Å². The predicted molar refractivity (Wildman–Crippen MR) is 75.3 cm³/mol. The maximum Gasteiger partial charge on any atom is 0.254 e. The highest BCUT2D eigenvalue weighted by atomic mass is 16.1. The van der Waals surface area contributed by atoms with E-state index >= 15 is 0 Å². The average Bonchev–Trinajstić information content (AvgIpc) is 2.47. The molecule has 104 valence electrons. The van der Waals surface area contributed by atoms with Crippen LogP contribution in [0.25, 0.3) is 0 Å². The van der Waals surface area contributed by atoms with Crippen LogP contribution in [0.1, 0.15) is 62.0 Å². The first-order chi connectivity index (χ1) is 9.28. The minimum atomic E-state index is 0.0973. The van der Waals surface area contributed by atoms with Crippen LogP contribution in [0.5, 0.6) is 0 Å². The number of aromatic nitrogens is 2. The second-order valence-electron chi connectivity index (χ2n) is 5.94. The van der Waals surface area contributed by atoms with Gasteiger partial charge in [-0.3, -0.25) is 4.79 Å². The summed E-state index contributed by atoms with van der Waals surface area (Å²) in [6.45, 7) is 3.90. The maximum atomic E-state index is 12.2. The van der Waals surface area contributed by atoms with Crippen molar-refractivity contribution in [3.8, 4) is 0 Å². The van der Waals surface area contributed by atoms with Crippen molar-refractivity contribution >= 4 is 0 Å². The summed E-state index contributed by atoms with van der Waals surface area (Å²) in [5, 5.41) is 3.30. The largest absolute Gasteiger partial charge is 0.311 e. The molecular weight excluding hydrogens is 238 g/mol. The minimum Gasteiger partial charge on any atom is -0.311 e. The predicted octanol–water partition coefficient (Wildman–Crippen LogP) is 2.10. The Morgan fingerprint density at radius 3 is 3.11 bits per heavy atom. The van der Waals surface area contributed by atoms with Crippen LogP contribution in [0.4, 0.5) is 0 Å². The van der Waals surface area contributed by atoms with Crippen LogP contribution >= 0.6 is 0 Å². The molecule has 0 bridgehead atoms. The lowest BCUT2D eigenvalue weighted by atomic mass is 9.80. The minimum absolute atomic E-state index is 0.0973. The molecule has 0 amide bonds. The molecular formula is C15H23N3O. The van der Waals surface area contributed by atoms with Crippen molar-refractivity contribution in [1.29, 1.82) is 0 Å². The molecule has 1 aromatic heterocycles. The smallest absolute Gasteiger partial charge is 0.254 e. The van der Waals surface area contributed by atoms with E-state index in [1.165, 1.54) is 32.1 Å². The van der Waals surface area contributed by atoms with E-state index in [9.17, 15) is 4.79 Å². The maximum absolute atomic E-state index is 12.2. The molecule has 2 N–H and O–H groups in total. The third kappa shape index (κ3) is 2.59. The summed E-state index contributed by atoms with van der Waals surface area (Å²) in [4.78, 5) is 20.0. The van der Waals surface area contributed by atoms with Crippen LogP contribution < -0.4 is 10.9 Å². The molecule has 0 radical (unpaired) electrons. The number of H-pyrrole nitrogens is 1. The zero-order chi connectivity index (χ0) is 13.2. The van der Waals surface area contributed by atoms with Gasteiger partial charge in [-0.05, 0) is 31.7 Å². The van der Waals surface area contributed by atoms with E-state index in [2.05, 4.69) is 17.2 Å². The molecule has 1 aliphatic heterocycles. The molecule has 1 aromatic rings. The topological polar surface area (TPSA) is 57.8 Å². The fourth-order valence-electron chi connectivity index (χ4n) is 3.49. The van der Waals surface area contributed by atoms with Gasteiger partial charge in [0.2, 0.25) is 0 Å². The van der Waals surface area contributed by atoms with E-state index < -0.39 is 0 Å². The summed E-state index contributed by atoms with van der Waals surface area (Å²) in [6, 6.07) is 0. The Morgan fingerprint density at radius 2 is 2.26 bits per heavy atom. The SMILES string of the molecule is CCC1CCCC(c2nc3c(c(=O)[nH]2)CCNC3)C1. The Labute approximate surface area is 114 Å². The molecule has 0 spiro atoms. The van der Waals surface area contributed by atoms with Crippen molar-refractivity contribution in [1.82, 2.24) is 15.3 Å². The monoisotopic (exact) mass is 261 g/mol. The second kappa shape index (κ2) is 5.45. The van der Waals surface area contributed by atoms with Gasteiger partial charge in [-0.2, -0.15) is 0 Å². The van der Waals surface area contributed by atoms with Gasteiger partial charge in [0.15, 0.2) is 0 Å². The quantitative estimate of drug-likeness (QED) is 0.857. The molecule has 3 rings (SSSR count). The first-order valence-corrected chi connectivity index (χ1v) is 7.60. The first-order valence-electron chi connectivity index (χ1n) is 7.60. The Morgan fingerprint density at radius 1 is 1.37 bits per heavy atom. The molecule has 2 atom stereocenters. The molecule has 0 saturated heterocycles. The Kier molecular flexibility index (Phi) is 3.69. The molecule has 0 aromatic carbocycles. The number of aromatic amines is 1. The molecule has 19 heavy (non-hydrogen) atoms. The van der Waals surface area contributed by atoms with Gasteiger partial charge in [-0.1, -0.05) is 26.2 Å². The van der Waals surface area contributed by atoms with Gasteiger partial charge in [-0.25, -0.2) is 4.98 Å². The second-order valence-corrected chi connectivity index (χ2v) is 5.94. The molecule has 4 heteroatoms. The van der Waals surface area contributed by atoms with Crippen LogP contribution in [-0.4, -0.2) is 16.5 Å². The lowest BCUT2D eigenvalue weighted by molar-refractivity contribution is 0.306. The van der Waals surface area contributed by atoms with E-state index in [1.54, 1.807) is 0 Å². The average molecular weight is 261 g/mol. The summed E-state index contributed by atoms with van der Waals surface area (Å²) in [7, 11) is 0. The highest BCUT2D eigenvalue weighted by molar-refractivity contribution is 5.21. The van der Waals surface area contributed by atoms with Crippen LogP contribution in [0.2, 0.25) is 0 Å². The van der Waals surface area contributed by atoms with Crippen molar-refractivity contribution < 1.29 is 0 Å². The van der Waals surface area contributed by atoms with Gasteiger partial charge < -0.3 is 10.3 Å². The third-order valence-corrected chi connectivity index (χ3v) is 4.71. The molecule has 1 aliphatic carbocycles. The molecule has 2 heterocycles. The number of nitrogens with zero attached hydrogens (tertiary/aromatic N) is 1. The van der Waals surface area contributed by atoms with Crippen LogP contribution in [0.3, 0.4) is 0 Å². The van der Waals surface area contributed by atoms with Crippen molar-refractivity contribution in [2.24, 2.45) is 5.92 Å². The van der Waals surface area contributed by atoms with E-state index in [1.807, 2.05) is 0 Å². The van der Waals surface area contributed by atoms with Gasteiger partial charge in [0.05, 0.1) is 5.69 Å². The van der Waals surface area contributed by atoms with Crippen molar-refractivity contribution in [2.75, 3.05) is 6.54 Å². The Hall–Kier alpha value is -1.16. The van der Waals surface area contributed by atoms with E-state index in [0.717, 1.165) is 42.5 Å². The lowest BCUT2D eigenvalue weighted by Gasteiger charge is -2.28. The summed E-state index contributed by atoms with van der Waals surface area (Å²) >= 11 is 0. The summed E-state index contributed by atoms with van der Waals surface area (Å²) in [5.74, 6) is 2.20. The van der Waals surface area contributed by atoms with Gasteiger partial charge in [0.1, 0.15) is 5.82 Å². The third-order valence-electron chi connectivity index (χ3n) is 4.71. The van der Waals surface area contributed by atoms with Crippen LogP contribution in [0, 0.1) is 5.92 Å². The molecule has 1 saturated carbocycles. The van der Waals surface area contributed by atoms with E-state index in [0.29, 0.717) is 5.92 Å². The fourth-order valence-corrected chi connectivity index (χ4v) is 3.49. The number of hydrogen-bond donors (Lipinski definition) is 2. The first kappa shape index (κ1) is 12.9. The van der Waals surface area contributed by atoms with Gasteiger partial charge in [-0.15, -0.1) is 0 Å².